The lowest BCUT2D eigenvalue weighted by atomic mass is 9.87. The third-order valence-corrected chi connectivity index (χ3v) is 7.34. The van der Waals surface area contributed by atoms with Gasteiger partial charge in [-0.3, -0.25) is 14.5 Å². The van der Waals surface area contributed by atoms with Crippen molar-refractivity contribution >= 4 is 23.1 Å². The van der Waals surface area contributed by atoms with Crippen LogP contribution in [0.5, 0.6) is 5.75 Å². The molecule has 2 aliphatic heterocycles. The third kappa shape index (κ3) is 4.55. The highest BCUT2D eigenvalue weighted by atomic mass is 16.5. The second-order valence-electron chi connectivity index (χ2n) is 10.8. The predicted octanol–water partition coefficient (Wildman–Crippen LogP) is 6.50. The highest BCUT2D eigenvalue weighted by molar-refractivity contribution is 6.51. The number of amides is 1. The van der Waals surface area contributed by atoms with Crippen molar-refractivity contribution in [3.63, 3.8) is 0 Å². The third-order valence-electron chi connectivity index (χ3n) is 7.34. The number of hydrogen-bond acceptors (Lipinski definition) is 4. The van der Waals surface area contributed by atoms with Crippen molar-refractivity contribution in [1.29, 1.82) is 0 Å². The SMILES string of the molecule is CCc1ccc(C2/C(=C(/O)c3ccc4c(c3)CCCO4)C(=O)C(=O)N2c2ccc(C(C)(C)C)cc2)cc1. The van der Waals surface area contributed by atoms with Gasteiger partial charge < -0.3 is 9.84 Å². The number of carbonyl (C=O) groups excluding carboxylic acids is 2. The summed E-state index contributed by atoms with van der Waals surface area (Å²) in [4.78, 5) is 28.5. The number of fused-ring (bicyclic) bond motifs is 1. The maximum absolute atomic E-state index is 13.5. The Morgan fingerprint density at radius 1 is 1.00 bits per heavy atom. The second-order valence-corrected chi connectivity index (χ2v) is 10.8. The van der Waals surface area contributed by atoms with Gasteiger partial charge in [-0.25, -0.2) is 0 Å². The van der Waals surface area contributed by atoms with E-state index in [0.29, 0.717) is 17.9 Å². The Kier molecular flexibility index (Phi) is 6.40. The Morgan fingerprint density at radius 3 is 2.35 bits per heavy atom. The molecule has 3 aromatic carbocycles. The number of rotatable bonds is 4. The van der Waals surface area contributed by atoms with Crippen molar-refractivity contribution in [2.75, 3.05) is 11.5 Å². The largest absolute Gasteiger partial charge is 0.507 e. The van der Waals surface area contributed by atoms with Crippen molar-refractivity contribution in [1.82, 2.24) is 0 Å². The number of carbonyl (C=O) groups is 2. The smallest absolute Gasteiger partial charge is 0.300 e. The lowest BCUT2D eigenvalue weighted by molar-refractivity contribution is -0.132. The number of nitrogens with zero attached hydrogens (tertiary/aromatic N) is 1. The van der Waals surface area contributed by atoms with E-state index in [4.69, 9.17) is 4.74 Å². The zero-order valence-electron chi connectivity index (χ0n) is 21.9. The number of aryl methyl sites for hydroxylation is 2. The van der Waals surface area contributed by atoms with Gasteiger partial charge >= 0.3 is 0 Å². The average molecular weight is 496 g/mol. The lowest BCUT2D eigenvalue weighted by Crippen LogP contribution is -2.29. The highest BCUT2D eigenvalue weighted by Gasteiger charge is 2.47. The van der Waals surface area contributed by atoms with E-state index in [1.807, 2.05) is 60.7 Å². The fraction of sp³-hybridized carbons (Fsp3) is 0.312. The maximum atomic E-state index is 13.5. The van der Waals surface area contributed by atoms with E-state index in [1.165, 1.54) is 4.90 Å². The molecule has 190 valence electrons. The Labute approximate surface area is 218 Å². The monoisotopic (exact) mass is 495 g/mol. The fourth-order valence-electron chi connectivity index (χ4n) is 5.14. The Bertz CT molecular complexity index is 1380. The van der Waals surface area contributed by atoms with Gasteiger partial charge in [0.25, 0.3) is 11.7 Å². The van der Waals surface area contributed by atoms with E-state index in [9.17, 15) is 14.7 Å². The molecule has 37 heavy (non-hydrogen) atoms. The number of aliphatic hydroxyl groups excluding tert-OH is 1. The second kappa shape index (κ2) is 9.55. The molecule has 5 heteroatoms. The van der Waals surface area contributed by atoms with Crippen LogP contribution in [0, 0.1) is 0 Å². The van der Waals surface area contributed by atoms with Crippen molar-refractivity contribution < 1.29 is 19.4 Å². The number of aliphatic hydroxyl groups is 1. The zero-order valence-corrected chi connectivity index (χ0v) is 21.9. The van der Waals surface area contributed by atoms with Crippen LogP contribution < -0.4 is 9.64 Å². The molecule has 2 heterocycles. The minimum atomic E-state index is -0.737. The number of ether oxygens (including phenoxy) is 1. The number of Topliss-reactive ketones (excluding diaryl/α,β-unsaturated/α-hetero) is 1. The maximum Gasteiger partial charge on any atom is 0.300 e. The van der Waals surface area contributed by atoms with Gasteiger partial charge in [0.2, 0.25) is 0 Å². The van der Waals surface area contributed by atoms with Crippen LogP contribution >= 0.6 is 0 Å². The van der Waals surface area contributed by atoms with Crippen LogP contribution in [0.3, 0.4) is 0 Å². The molecule has 5 rings (SSSR count). The molecule has 5 nitrogen and oxygen atoms in total. The van der Waals surface area contributed by atoms with Gasteiger partial charge in [-0.2, -0.15) is 0 Å². The number of benzene rings is 3. The number of ketones is 1. The topological polar surface area (TPSA) is 66.8 Å². The van der Waals surface area contributed by atoms with Crippen LogP contribution in [0.4, 0.5) is 5.69 Å². The van der Waals surface area contributed by atoms with Crippen LogP contribution in [0.1, 0.15) is 68.0 Å². The molecule has 1 saturated heterocycles. The molecule has 0 aromatic heterocycles. The summed E-state index contributed by atoms with van der Waals surface area (Å²) < 4.78 is 5.72. The molecular formula is C32H33NO4. The first-order valence-corrected chi connectivity index (χ1v) is 13.0. The van der Waals surface area contributed by atoms with Gasteiger partial charge in [0.1, 0.15) is 11.5 Å². The highest BCUT2D eigenvalue weighted by Crippen LogP contribution is 2.43. The molecule has 1 N–H and O–H groups in total. The summed E-state index contributed by atoms with van der Waals surface area (Å²) in [6, 6.07) is 20.4. The minimum Gasteiger partial charge on any atom is -0.507 e. The van der Waals surface area contributed by atoms with E-state index in [1.54, 1.807) is 6.07 Å². The van der Waals surface area contributed by atoms with Crippen LogP contribution in [-0.4, -0.2) is 23.4 Å². The molecule has 1 fully saturated rings. The quantitative estimate of drug-likeness (QED) is 0.255. The molecule has 0 bridgehead atoms. The van der Waals surface area contributed by atoms with Crippen LogP contribution in [0.25, 0.3) is 5.76 Å². The summed E-state index contributed by atoms with van der Waals surface area (Å²) in [6.45, 7) is 9.15. The summed E-state index contributed by atoms with van der Waals surface area (Å²) >= 11 is 0. The molecule has 1 unspecified atom stereocenters. The summed E-state index contributed by atoms with van der Waals surface area (Å²) in [5.74, 6) is -0.689. The predicted molar refractivity (Wildman–Crippen MR) is 146 cm³/mol. The number of anilines is 1. The van der Waals surface area contributed by atoms with Crippen molar-refractivity contribution in [3.05, 3.63) is 100 Å². The summed E-state index contributed by atoms with van der Waals surface area (Å²) in [5.41, 5.74) is 5.25. The van der Waals surface area contributed by atoms with Crippen molar-refractivity contribution in [2.24, 2.45) is 0 Å². The molecule has 0 radical (unpaired) electrons. The van der Waals surface area contributed by atoms with Crippen molar-refractivity contribution in [2.45, 2.75) is 58.4 Å². The van der Waals surface area contributed by atoms with Crippen LogP contribution in [0.2, 0.25) is 0 Å². The fourth-order valence-corrected chi connectivity index (χ4v) is 5.14. The van der Waals surface area contributed by atoms with Crippen LogP contribution in [-0.2, 0) is 27.8 Å². The first kappa shape index (κ1) is 24.8. The molecular weight excluding hydrogens is 462 g/mol. The summed E-state index contributed by atoms with van der Waals surface area (Å²) in [6.07, 6.45) is 2.62. The molecule has 0 aliphatic carbocycles. The normalized spacial score (nSPS) is 19.0. The molecule has 0 spiro atoms. The van der Waals surface area contributed by atoms with Gasteiger partial charge in [-0.1, -0.05) is 64.1 Å². The van der Waals surface area contributed by atoms with Gasteiger partial charge in [0.05, 0.1) is 18.2 Å². The average Bonchev–Trinajstić information content (AvgIpc) is 3.17. The van der Waals surface area contributed by atoms with Gasteiger partial charge in [-0.15, -0.1) is 0 Å². The Balaban J connectivity index is 1.65. The standard InChI is InChI=1S/C32H33NO4/c1-5-20-8-10-21(11-9-20)28-27(29(34)23-12-17-26-22(19-23)7-6-18-37-26)30(35)31(36)33(28)25-15-13-24(14-16-25)32(2,3)4/h8-17,19,28,34H,5-7,18H2,1-4H3/b29-27-. The van der Waals surface area contributed by atoms with E-state index in [0.717, 1.165) is 47.3 Å². The van der Waals surface area contributed by atoms with E-state index >= 15 is 0 Å². The van der Waals surface area contributed by atoms with Crippen LogP contribution in [0.15, 0.2) is 72.3 Å². The summed E-state index contributed by atoms with van der Waals surface area (Å²) in [5, 5.41) is 11.5. The lowest BCUT2D eigenvalue weighted by Gasteiger charge is -2.27. The molecule has 2 aliphatic rings. The Hall–Kier alpha value is -3.86. The van der Waals surface area contributed by atoms with E-state index < -0.39 is 17.7 Å². The van der Waals surface area contributed by atoms with E-state index in [2.05, 4.69) is 27.7 Å². The van der Waals surface area contributed by atoms with Gasteiger partial charge in [0, 0.05) is 11.3 Å². The van der Waals surface area contributed by atoms with Gasteiger partial charge in [-0.05, 0) is 77.3 Å². The molecule has 1 atom stereocenters. The number of hydrogen-bond donors (Lipinski definition) is 1. The van der Waals surface area contributed by atoms with Gasteiger partial charge in [0.15, 0.2) is 0 Å². The first-order valence-electron chi connectivity index (χ1n) is 13.0. The Morgan fingerprint density at radius 2 is 1.70 bits per heavy atom. The molecule has 3 aromatic rings. The van der Waals surface area contributed by atoms with E-state index in [-0.39, 0.29) is 16.7 Å². The molecule has 1 amide bonds. The molecule has 0 saturated carbocycles. The minimum absolute atomic E-state index is 0.0434. The summed E-state index contributed by atoms with van der Waals surface area (Å²) in [7, 11) is 0. The zero-order chi connectivity index (χ0) is 26.3. The van der Waals surface area contributed by atoms with Crippen molar-refractivity contribution in [3.8, 4) is 5.75 Å². The first-order chi connectivity index (χ1) is 17.7.